The minimum absolute atomic E-state index is 0.0391. The minimum atomic E-state index is -3.62. The maximum atomic E-state index is 12.1. The molecule has 28 heavy (non-hydrogen) atoms. The molecule has 0 aromatic heterocycles. The second kappa shape index (κ2) is 9.34. The van der Waals surface area contributed by atoms with Gasteiger partial charge in [-0.1, -0.05) is 24.3 Å². The highest BCUT2D eigenvalue weighted by atomic mass is 32.2. The molecule has 1 N–H and O–H groups in total. The molecule has 0 radical (unpaired) electrons. The van der Waals surface area contributed by atoms with Crippen LogP contribution in [-0.4, -0.2) is 51.4 Å². The summed E-state index contributed by atoms with van der Waals surface area (Å²) in [6.45, 7) is 0.995. The molecular formula is C19H22N2O6S. The fourth-order valence-corrected chi connectivity index (χ4v) is 3.10. The van der Waals surface area contributed by atoms with Crippen molar-refractivity contribution in [1.29, 1.82) is 0 Å². The molecule has 2 aromatic rings. The Morgan fingerprint density at radius 1 is 1.07 bits per heavy atom. The maximum absolute atomic E-state index is 12.1. The molecule has 2 aromatic carbocycles. The zero-order valence-electron chi connectivity index (χ0n) is 15.8. The van der Waals surface area contributed by atoms with Crippen molar-refractivity contribution < 1.29 is 27.5 Å². The van der Waals surface area contributed by atoms with Gasteiger partial charge in [-0.2, -0.15) is 0 Å². The molecule has 1 amide bonds. The molecular weight excluding hydrogens is 384 g/mol. The number of ether oxygens (including phenoxy) is 2. The zero-order valence-corrected chi connectivity index (χ0v) is 16.6. The number of rotatable bonds is 8. The van der Waals surface area contributed by atoms with Gasteiger partial charge in [0.25, 0.3) is 5.91 Å². The lowest BCUT2D eigenvalue weighted by molar-refractivity contribution is -0.153. The van der Waals surface area contributed by atoms with E-state index in [1.165, 1.54) is 45.3 Å². The van der Waals surface area contributed by atoms with Gasteiger partial charge in [-0.3, -0.25) is 4.79 Å². The molecule has 8 nitrogen and oxygen atoms in total. The van der Waals surface area contributed by atoms with E-state index in [1.807, 2.05) is 6.07 Å². The van der Waals surface area contributed by atoms with Gasteiger partial charge in [0.15, 0.2) is 12.7 Å². The van der Waals surface area contributed by atoms with Crippen LogP contribution in [-0.2, 0) is 24.3 Å². The number of carbonyl (C=O) groups is 2. The van der Waals surface area contributed by atoms with Crippen molar-refractivity contribution in [2.45, 2.75) is 17.9 Å². The topological polar surface area (TPSA) is 102 Å². The highest BCUT2D eigenvalue weighted by molar-refractivity contribution is 7.89. The molecule has 0 unspecified atom stereocenters. The second-order valence-electron chi connectivity index (χ2n) is 6.04. The summed E-state index contributed by atoms with van der Waals surface area (Å²) in [7, 11) is -0.791. The molecule has 2 rings (SSSR count). The number of hydrogen-bond donors (Lipinski definition) is 1. The van der Waals surface area contributed by atoms with E-state index >= 15 is 0 Å². The average Bonchev–Trinajstić information content (AvgIpc) is 2.67. The van der Waals surface area contributed by atoms with E-state index in [1.54, 1.807) is 24.3 Å². The average molecular weight is 406 g/mol. The number of sulfonamides is 1. The molecule has 0 aliphatic heterocycles. The standard InChI is InChI=1S/C19H22N2O6S/c1-14(27-16-9-5-4-6-10-16)19(23)26-13-18(22)20-15-8-7-11-17(12-15)28(24,25)21(2)3/h4-12,14H,13H2,1-3H3,(H,20,22)/t14-/m1/s1. The van der Waals surface area contributed by atoms with Crippen LogP contribution in [0.25, 0.3) is 0 Å². The largest absolute Gasteiger partial charge is 0.479 e. The highest BCUT2D eigenvalue weighted by Crippen LogP contribution is 2.18. The number of para-hydroxylation sites is 1. The smallest absolute Gasteiger partial charge is 0.347 e. The van der Waals surface area contributed by atoms with Crippen molar-refractivity contribution >= 4 is 27.6 Å². The molecule has 0 spiro atoms. The maximum Gasteiger partial charge on any atom is 0.347 e. The molecule has 0 aliphatic carbocycles. The lowest BCUT2D eigenvalue weighted by atomic mass is 10.3. The predicted octanol–water partition coefficient (Wildman–Crippen LogP) is 1.89. The van der Waals surface area contributed by atoms with E-state index in [4.69, 9.17) is 9.47 Å². The summed E-state index contributed by atoms with van der Waals surface area (Å²) in [6, 6.07) is 14.6. The molecule has 0 heterocycles. The molecule has 0 fully saturated rings. The first-order valence-corrected chi connectivity index (χ1v) is 9.85. The fraction of sp³-hybridized carbons (Fsp3) is 0.263. The predicted molar refractivity (Wildman–Crippen MR) is 103 cm³/mol. The van der Waals surface area contributed by atoms with Crippen LogP contribution in [0.4, 0.5) is 5.69 Å². The van der Waals surface area contributed by atoms with Crippen LogP contribution < -0.4 is 10.1 Å². The van der Waals surface area contributed by atoms with Gasteiger partial charge in [0.2, 0.25) is 10.0 Å². The highest BCUT2D eigenvalue weighted by Gasteiger charge is 2.19. The quantitative estimate of drug-likeness (QED) is 0.672. The summed E-state index contributed by atoms with van der Waals surface area (Å²) >= 11 is 0. The number of hydrogen-bond acceptors (Lipinski definition) is 6. The van der Waals surface area contributed by atoms with Gasteiger partial charge in [0.05, 0.1) is 4.90 Å². The molecule has 0 saturated heterocycles. The summed E-state index contributed by atoms with van der Waals surface area (Å²) in [5.74, 6) is -0.780. The van der Waals surface area contributed by atoms with Crippen LogP contribution in [0.2, 0.25) is 0 Å². The van der Waals surface area contributed by atoms with Crippen LogP contribution in [0.15, 0.2) is 59.5 Å². The number of carbonyl (C=O) groups excluding carboxylic acids is 2. The number of benzene rings is 2. The Hall–Kier alpha value is -2.91. The van der Waals surface area contributed by atoms with Gasteiger partial charge >= 0.3 is 5.97 Å². The number of anilines is 1. The van der Waals surface area contributed by atoms with E-state index in [2.05, 4.69) is 5.32 Å². The molecule has 0 aliphatic rings. The van der Waals surface area contributed by atoms with Gasteiger partial charge in [0, 0.05) is 19.8 Å². The number of nitrogens with one attached hydrogen (secondary N) is 1. The van der Waals surface area contributed by atoms with Gasteiger partial charge in [-0.15, -0.1) is 0 Å². The van der Waals surface area contributed by atoms with Crippen molar-refractivity contribution in [1.82, 2.24) is 4.31 Å². The van der Waals surface area contributed by atoms with E-state index in [9.17, 15) is 18.0 Å². The Morgan fingerprint density at radius 2 is 1.75 bits per heavy atom. The van der Waals surface area contributed by atoms with Crippen LogP contribution in [0, 0.1) is 0 Å². The first-order valence-electron chi connectivity index (χ1n) is 8.41. The third-order valence-corrected chi connectivity index (χ3v) is 5.44. The van der Waals surface area contributed by atoms with Crippen molar-refractivity contribution in [2.75, 3.05) is 26.0 Å². The molecule has 9 heteroatoms. The van der Waals surface area contributed by atoms with Gasteiger partial charge in [-0.05, 0) is 37.3 Å². The SMILES string of the molecule is C[C@@H](Oc1ccccc1)C(=O)OCC(=O)Nc1cccc(S(=O)(=O)N(C)C)c1. The van der Waals surface area contributed by atoms with Crippen molar-refractivity contribution in [3.63, 3.8) is 0 Å². The molecule has 1 atom stereocenters. The second-order valence-corrected chi connectivity index (χ2v) is 8.20. The normalized spacial score (nSPS) is 12.3. The third-order valence-electron chi connectivity index (χ3n) is 3.63. The van der Waals surface area contributed by atoms with Crippen LogP contribution in [0.1, 0.15) is 6.92 Å². The lowest BCUT2D eigenvalue weighted by Crippen LogP contribution is -2.29. The zero-order chi connectivity index (χ0) is 20.7. The fourth-order valence-electron chi connectivity index (χ4n) is 2.15. The van der Waals surface area contributed by atoms with Crippen LogP contribution >= 0.6 is 0 Å². The summed E-state index contributed by atoms with van der Waals surface area (Å²) in [5, 5.41) is 2.50. The van der Waals surface area contributed by atoms with Gasteiger partial charge in [-0.25, -0.2) is 17.5 Å². The minimum Gasteiger partial charge on any atom is -0.479 e. The van der Waals surface area contributed by atoms with Crippen molar-refractivity contribution in [2.24, 2.45) is 0 Å². The summed E-state index contributed by atoms with van der Waals surface area (Å²) in [5.41, 5.74) is 0.276. The van der Waals surface area contributed by atoms with Gasteiger partial charge < -0.3 is 14.8 Å². The van der Waals surface area contributed by atoms with Crippen LogP contribution in [0.5, 0.6) is 5.75 Å². The van der Waals surface area contributed by atoms with E-state index in [-0.39, 0.29) is 10.6 Å². The molecule has 0 bridgehead atoms. The number of esters is 1. The summed E-state index contributed by atoms with van der Waals surface area (Å²) < 4.78 is 35.7. The van der Waals surface area contributed by atoms with Gasteiger partial charge in [0.1, 0.15) is 5.75 Å². The van der Waals surface area contributed by atoms with Crippen LogP contribution in [0.3, 0.4) is 0 Å². The van der Waals surface area contributed by atoms with E-state index < -0.39 is 34.6 Å². The first kappa shape index (κ1) is 21.4. The van der Waals surface area contributed by atoms with E-state index in [0.29, 0.717) is 5.75 Å². The Morgan fingerprint density at radius 3 is 2.39 bits per heavy atom. The summed E-state index contributed by atoms with van der Waals surface area (Å²) in [6.07, 6.45) is -0.885. The lowest BCUT2D eigenvalue weighted by Gasteiger charge is -2.14. The molecule has 0 saturated carbocycles. The van der Waals surface area contributed by atoms with Crippen molar-refractivity contribution in [3.8, 4) is 5.75 Å². The monoisotopic (exact) mass is 406 g/mol. The third kappa shape index (κ3) is 5.80. The summed E-state index contributed by atoms with van der Waals surface area (Å²) in [4.78, 5) is 24.0. The Bertz CT molecular complexity index is 928. The molecule has 150 valence electrons. The Labute approximate surface area is 164 Å². The number of amides is 1. The van der Waals surface area contributed by atoms with Crippen molar-refractivity contribution in [3.05, 3.63) is 54.6 Å². The Balaban J connectivity index is 1.89. The Kier molecular flexibility index (Phi) is 7.13. The first-order chi connectivity index (χ1) is 13.2. The van der Waals surface area contributed by atoms with E-state index in [0.717, 1.165) is 4.31 Å². The number of nitrogens with zero attached hydrogens (tertiary/aromatic N) is 1.